The molecule has 1 aliphatic rings. The number of fused-ring (bicyclic) bond motifs is 1. The van der Waals surface area contributed by atoms with Gasteiger partial charge >= 0.3 is 0 Å². The summed E-state index contributed by atoms with van der Waals surface area (Å²) >= 11 is 1.27. The lowest BCUT2D eigenvalue weighted by atomic mass is 10.1. The molecule has 0 saturated carbocycles. The molecular weight excluding hydrogens is 418 g/mol. The SMILES string of the molecule is O=C(N[C@@H](C(=O)NNC(=O)[C@H]1COc2ccccc2O1)c1ccccc1)c1cccs1. The maximum atomic E-state index is 12.8. The van der Waals surface area contributed by atoms with Crippen molar-refractivity contribution in [1.82, 2.24) is 16.2 Å². The number of carbonyl (C=O) groups excluding carboxylic acids is 3. The minimum atomic E-state index is -1.000. The van der Waals surface area contributed by atoms with Gasteiger partial charge in [-0.25, -0.2) is 0 Å². The highest BCUT2D eigenvalue weighted by Crippen LogP contribution is 2.30. The second-order valence-electron chi connectivity index (χ2n) is 6.64. The van der Waals surface area contributed by atoms with E-state index in [1.807, 2.05) is 0 Å². The van der Waals surface area contributed by atoms with Crippen LogP contribution in [-0.2, 0) is 9.59 Å². The van der Waals surface area contributed by atoms with Crippen LogP contribution in [0.5, 0.6) is 11.5 Å². The molecule has 9 heteroatoms. The van der Waals surface area contributed by atoms with Crippen molar-refractivity contribution in [3.05, 3.63) is 82.6 Å². The van der Waals surface area contributed by atoms with E-state index in [1.165, 1.54) is 11.3 Å². The van der Waals surface area contributed by atoms with Crippen LogP contribution in [0, 0.1) is 0 Å². The zero-order valence-electron chi connectivity index (χ0n) is 16.2. The molecule has 158 valence electrons. The average Bonchev–Trinajstić information content (AvgIpc) is 3.36. The predicted octanol–water partition coefficient (Wildman–Crippen LogP) is 2.21. The fraction of sp³-hybridized carbons (Fsp3) is 0.136. The third kappa shape index (κ3) is 4.84. The zero-order chi connectivity index (χ0) is 21.6. The van der Waals surface area contributed by atoms with Crippen molar-refractivity contribution < 1.29 is 23.9 Å². The quantitative estimate of drug-likeness (QED) is 0.531. The monoisotopic (exact) mass is 437 g/mol. The highest BCUT2D eigenvalue weighted by molar-refractivity contribution is 7.12. The summed E-state index contributed by atoms with van der Waals surface area (Å²) in [5.41, 5.74) is 5.29. The number of ether oxygens (including phenoxy) is 2. The first-order valence-electron chi connectivity index (χ1n) is 9.49. The molecule has 3 amide bonds. The number of carbonyl (C=O) groups is 3. The van der Waals surface area contributed by atoms with E-state index in [-0.39, 0.29) is 12.5 Å². The van der Waals surface area contributed by atoms with Crippen LogP contribution in [0.4, 0.5) is 0 Å². The van der Waals surface area contributed by atoms with Gasteiger partial charge in [-0.2, -0.15) is 0 Å². The number of thiophene rings is 1. The van der Waals surface area contributed by atoms with Gasteiger partial charge in [0.05, 0.1) is 4.88 Å². The first-order valence-corrected chi connectivity index (χ1v) is 10.4. The van der Waals surface area contributed by atoms with Crippen molar-refractivity contribution in [2.45, 2.75) is 12.1 Å². The van der Waals surface area contributed by atoms with E-state index in [9.17, 15) is 14.4 Å². The summed E-state index contributed by atoms with van der Waals surface area (Å²) in [4.78, 5) is 38.3. The second kappa shape index (κ2) is 9.31. The van der Waals surface area contributed by atoms with E-state index < -0.39 is 24.0 Å². The largest absolute Gasteiger partial charge is 0.485 e. The molecular formula is C22H19N3O5S. The van der Waals surface area contributed by atoms with E-state index in [2.05, 4.69) is 16.2 Å². The molecule has 3 aromatic rings. The van der Waals surface area contributed by atoms with E-state index in [0.717, 1.165) is 0 Å². The number of amides is 3. The number of hydrazine groups is 1. The second-order valence-corrected chi connectivity index (χ2v) is 7.58. The van der Waals surface area contributed by atoms with Crippen LogP contribution in [-0.4, -0.2) is 30.4 Å². The number of hydrogen-bond donors (Lipinski definition) is 3. The lowest BCUT2D eigenvalue weighted by Crippen LogP contribution is -2.53. The van der Waals surface area contributed by atoms with Crippen molar-refractivity contribution >= 4 is 29.1 Å². The highest BCUT2D eigenvalue weighted by atomic mass is 32.1. The van der Waals surface area contributed by atoms with Crippen LogP contribution < -0.4 is 25.6 Å². The van der Waals surface area contributed by atoms with Crippen molar-refractivity contribution in [2.75, 3.05) is 6.61 Å². The highest BCUT2D eigenvalue weighted by Gasteiger charge is 2.29. The van der Waals surface area contributed by atoms with E-state index in [1.54, 1.807) is 72.1 Å². The Morgan fingerprint density at radius 2 is 1.65 bits per heavy atom. The number of hydrogen-bond acceptors (Lipinski definition) is 6. The summed E-state index contributed by atoms with van der Waals surface area (Å²) in [7, 11) is 0. The molecule has 31 heavy (non-hydrogen) atoms. The van der Waals surface area contributed by atoms with Gasteiger partial charge in [-0.1, -0.05) is 48.5 Å². The molecule has 1 aliphatic heterocycles. The predicted molar refractivity (Wildman–Crippen MR) is 114 cm³/mol. The van der Waals surface area contributed by atoms with Crippen molar-refractivity contribution in [2.24, 2.45) is 0 Å². The van der Waals surface area contributed by atoms with Gasteiger partial charge in [0.1, 0.15) is 12.6 Å². The molecule has 0 spiro atoms. The minimum absolute atomic E-state index is 0.00987. The Bertz CT molecular complexity index is 1070. The number of para-hydroxylation sites is 2. The number of nitrogens with one attached hydrogen (secondary N) is 3. The number of rotatable bonds is 5. The van der Waals surface area contributed by atoms with Crippen LogP contribution >= 0.6 is 11.3 Å². The third-order valence-electron chi connectivity index (χ3n) is 4.53. The third-order valence-corrected chi connectivity index (χ3v) is 5.39. The van der Waals surface area contributed by atoms with Gasteiger partial charge in [0.25, 0.3) is 17.7 Å². The topological polar surface area (TPSA) is 106 Å². The van der Waals surface area contributed by atoms with Gasteiger partial charge in [-0.3, -0.25) is 25.2 Å². The number of benzene rings is 2. The van der Waals surface area contributed by atoms with Crippen LogP contribution in [0.3, 0.4) is 0 Å². The van der Waals surface area contributed by atoms with Crippen LogP contribution in [0.2, 0.25) is 0 Å². The fourth-order valence-corrected chi connectivity index (χ4v) is 3.61. The smallest absolute Gasteiger partial charge is 0.283 e. The summed E-state index contributed by atoms with van der Waals surface area (Å²) < 4.78 is 11.1. The van der Waals surface area contributed by atoms with Crippen LogP contribution in [0.25, 0.3) is 0 Å². The Balaban J connectivity index is 1.40. The molecule has 0 radical (unpaired) electrons. The first kappa shape index (κ1) is 20.4. The Morgan fingerprint density at radius 1 is 0.903 bits per heavy atom. The van der Waals surface area contributed by atoms with Gasteiger partial charge in [0.2, 0.25) is 6.10 Å². The molecule has 8 nitrogen and oxygen atoms in total. The maximum Gasteiger partial charge on any atom is 0.283 e. The van der Waals surface area contributed by atoms with Gasteiger partial charge in [-0.15, -0.1) is 11.3 Å². The van der Waals surface area contributed by atoms with E-state index in [4.69, 9.17) is 9.47 Å². The van der Waals surface area contributed by atoms with Crippen molar-refractivity contribution in [1.29, 1.82) is 0 Å². The maximum absolute atomic E-state index is 12.8. The molecule has 0 bridgehead atoms. The summed E-state index contributed by atoms with van der Waals surface area (Å²) in [6.07, 6.45) is -0.925. The first-order chi connectivity index (χ1) is 15.1. The molecule has 2 heterocycles. The van der Waals surface area contributed by atoms with E-state index in [0.29, 0.717) is 21.9 Å². The minimum Gasteiger partial charge on any atom is -0.485 e. The van der Waals surface area contributed by atoms with Crippen LogP contribution in [0.1, 0.15) is 21.3 Å². The molecule has 3 N–H and O–H groups in total. The molecule has 0 aliphatic carbocycles. The molecule has 0 fully saturated rings. The zero-order valence-corrected chi connectivity index (χ0v) is 17.1. The normalized spacial score (nSPS) is 15.4. The standard InChI is InChI=1S/C22H19N3O5S/c26-20(17-13-29-15-9-4-5-10-16(15)30-17)24-25-22(28)19(14-7-2-1-3-8-14)23-21(27)18-11-6-12-31-18/h1-12,17,19H,13H2,(H,23,27)(H,24,26)(H,25,28)/t17-,19-/m1/s1. The van der Waals surface area contributed by atoms with Crippen molar-refractivity contribution in [3.8, 4) is 11.5 Å². The lowest BCUT2D eigenvalue weighted by molar-refractivity contribution is -0.135. The average molecular weight is 437 g/mol. The Labute approximate surface area is 182 Å². The summed E-state index contributed by atoms with van der Waals surface area (Å²) in [5, 5.41) is 4.48. The van der Waals surface area contributed by atoms with E-state index >= 15 is 0 Å². The van der Waals surface area contributed by atoms with Gasteiger partial charge < -0.3 is 14.8 Å². The van der Waals surface area contributed by atoms with Gasteiger partial charge in [-0.05, 0) is 29.1 Å². The summed E-state index contributed by atoms with van der Waals surface area (Å²) in [5.74, 6) is -0.548. The molecule has 4 rings (SSSR count). The fourth-order valence-electron chi connectivity index (χ4n) is 2.98. The van der Waals surface area contributed by atoms with Crippen molar-refractivity contribution in [3.63, 3.8) is 0 Å². The molecule has 1 aromatic heterocycles. The summed E-state index contributed by atoms with van der Waals surface area (Å²) in [6, 6.07) is 18.2. The van der Waals surface area contributed by atoms with Gasteiger partial charge in [0.15, 0.2) is 11.5 Å². The molecule has 2 aromatic carbocycles. The molecule has 0 unspecified atom stereocenters. The summed E-state index contributed by atoms with van der Waals surface area (Å²) in [6.45, 7) is 0.00987. The Morgan fingerprint density at radius 3 is 2.39 bits per heavy atom. The molecule has 2 atom stereocenters. The Kier molecular flexibility index (Phi) is 6.13. The molecule has 0 saturated heterocycles. The van der Waals surface area contributed by atoms with Gasteiger partial charge in [0, 0.05) is 0 Å². The Hall–Kier alpha value is -3.85. The van der Waals surface area contributed by atoms with Crippen LogP contribution in [0.15, 0.2) is 72.1 Å². The lowest BCUT2D eigenvalue weighted by Gasteiger charge is -2.26.